The lowest BCUT2D eigenvalue weighted by Gasteiger charge is -1.82. The molecule has 6 N–H and O–H groups in total. The zero-order valence-electron chi connectivity index (χ0n) is 6.03. The first-order valence-electron chi connectivity index (χ1n) is 1.57. The summed E-state index contributed by atoms with van der Waals surface area (Å²) in [7, 11) is -9.28. The second-order valence-electron chi connectivity index (χ2n) is 1.03. The van der Waals surface area contributed by atoms with E-state index in [0.717, 1.165) is 0 Å². The molecule has 0 saturated carbocycles. The van der Waals surface area contributed by atoms with Gasteiger partial charge in [-0.1, -0.05) is 0 Å². The highest BCUT2D eigenvalue weighted by Crippen LogP contribution is 2.26. The van der Waals surface area contributed by atoms with Gasteiger partial charge in [-0.15, -0.1) is 0 Å². The van der Waals surface area contributed by atoms with E-state index < -0.39 is 15.6 Å². The van der Waals surface area contributed by atoms with E-state index in [4.69, 9.17) is 38.5 Å². The van der Waals surface area contributed by atoms with Gasteiger partial charge in [0.05, 0.1) is 0 Å². The van der Waals surface area contributed by atoms with Crippen LogP contribution in [0.3, 0.4) is 0 Å². The quantitative estimate of drug-likeness (QED) is 0.237. The third-order valence-corrected chi connectivity index (χ3v) is 0. The van der Waals surface area contributed by atoms with Crippen molar-refractivity contribution in [2.45, 2.75) is 0 Å². The lowest BCUT2D eigenvalue weighted by Crippen LogP contribution is -1.66. The molecular weight excluding hydrogens is 266 g/mol. The predicted octanol–water partition coefficient (Wildman–Crippen LogP) is -1.25. The van der Waals surface area contributed by atoms with Gasteiger partial charge in [-0.25, -0.2) is 9.13 Å². The molecule has 14 heteroatoms. The van der Waals surface area contributed by atoms with Gasteiger partial charge < -0.3 is 29.4 Å². The number of hydrogen-bond donors (Lipinski definition) is 6. The van der Waals surface area contributed by atoms with Crippen molar-refractivity contribution in [3.63, 3.8) is 0 Å². The van der Waals surface area contributed by atoms with E-state index in [1.165, 1.54) is 0 Å². The molecule has 0 unspecified atom stereocenters. The lowest BCUT2D eigenvalue weighted by atomic mass is 15.8. The Bertz CT molecular complexity index is 132. The van der Waals surface area contributed by atoms with Crippen LogP contribution in [-0.2, 0) is 9.13 Å². The summed E-state index contributed by atoms with van der Waals surface area (Å²) in [6, 6.07) is 0. The zero-order chi connectivity index (χ0) is 9.00. The SMILES string of the molecule is F.F.F.F.O=P(O)(O)O.O=P(O)(O)O. The molecule has 0 aliphatic rings. The van der Waals surface area contributed by atoms with E-state index in [1.54, 1.807) is 0 Å². The van der Waals surface area contributed by atoms with Crippen LogP contribution in [0.5, 0.6) is 0 Å². The van der Waals surface area contributed by atoms with Crippen LogP contribution in [0.4, 0.5) is 18.8 Å². The zero-order valence-corrected chi connectivity index (χ0v) is 7.82. The van der Waals surface area contributed by atoms with Crippen molar-refractivity contribution < 1.29 is 57.3 Å². The summed E-state index contributed by atoms with van der Waals surface area (Å²) in [4.78, 5) is 43.1. The summed E-state index contributed by atoms with van der Waals surface area (Å²) in [6.07, 6.45) is 0. The summed E-state index contributed by atoms with van der Waals surface area (Å²) in [5.74, 6) is 0. The smallest absolute Gasteiger partial charge is 0.303 e. The number of halogens is 4. The molecule has 0 atom stereocenters. The van der Waals surface area contributed by atoms with E-state index in [0.29, 0.717) is 0 Å². The fourth-order valence-electron chi connectivity index (χ4n) is 0. The Morgan fingerprint density at radius 2 is 0.500 bits per heavy atom. The van der Waals surface area contributed by atoms with Crippen LogP contribution < -0.4 is 0 Å². The Balaban J connectivity index is -0.0000000178. The molecule has 0 aromatic heterocycles. The van der Waals surface area contributed by atoms with Gasteiger partial charge in [-0.3, -0.25) is 18.8 Å². The van der Waals surface area contributed by atoms with Crippen LogP contribution in [0.1, 0.15) is 0 Å². The van der Waals surface area contributed by atoms with Gasteiger partial charge >= 0.3 is 15.6 Å². The minimum Gasteiger partial charge on any atom is -0.303 e. The molecule has 0 aliphatic heterocycles. The van der Waals surface area contributed by atoms with Crippen LogP contribution in [0, 0.1) is 0 Å². The van der Waals surface area contributed by atoms with E-state index in [1.807, 2.05) is 0 Å². The monoisotopic (exact) mass is 276 g/mol. The van der Waals surface area contributed by atoms with Crippen molar-refractivity contribution in [1.29, 1.82) is 0 Å². The fourth-order valence-corrected chi connectivity index (χ4v) is 0. The number of hydrogen-bond acceptors (Lipinski definition) is 2. The van der Waals surface area contributed by atoms with E-state index in [-0.39, 0.29) is 18.8 Å². The highest BCUT2D eigenvalue weighted by molar-refractivity contribution is 7.45. The second-order valence-corrected chi connectivity index (χ2v) is 3.08. The maximum atomic E-state index is 8.88. The summed E-state index contributed by atoms with van der Waals surface area (Å²) in [6.45, 7) is 0. The highest BCUT2D eigenvalue weighted by atomic mass is 31.2. The van der Waals surface area contributed by atoms with E-state index in [2.05, 4.69) is 0 Å². The predicted molar refractivity (Wildman–Crippen MR) is 38.5 cm³/mol. The van der Waals surface area contributed by atoms with Crippen LogP contribution >= 0.6 is 15.6 Å². The topological polar surface area (TPSA) is 156 Å². The highest BCUT2D eigenvalue weighted by Gasteiger charge is 2.00. The average Bonchev–Trinajstić information content (AvgIpc) is 1.12. The molecule has 0 rings (SSSR count). The van der Waals surface area contributed by atoms with E-state index >= 15 is 0 Å². The molecule has 0 aromatic carbocycles. The van der Waals surface area contributed by atoms with Crippen molar-refractivity contribution in [3.05, 3.63) is 0 Å². The van der Waals surface area contributed by atoms with Crippen molar-refractivity contribution in [2.24, 2.45) is 0 Å². The summed E-state index contributed by atoms with van der Waals surface area (Å²) < 4.78 is 17.8. The number of rotatable bonds is 0. The van der Waals surface area contributed by atoms with Gasteiger partial charge in [-0.2, -0.15) is 0 Å². The minimum atomic E-state index is -4.64. The molecule has 0 fully saturated rings. The van der Waals surface area contributed by atoms with Gasteiger partial charge in [0.2, 0.25) is 0 Å². The van der Waals surface area contributed by atoms with Gasteiger partial charge in [0.1, 0.15) is 0 Å². The molecule has 0 spiro atoms. The second kappa shape index (κ2) is 12.9. The molecular formula is H10F4O8P2. The maximum absolute atomic E-state index is 8.88. The molecule has 0 amide bonds. The van der Waals surface area contributed by atoms with Crippen molar-refractivity contribution in [3.8, 4) is 0 Å². The van der Waals surface area contributed by atoms with Gasteiger partial charge in [0.15, 0.2) is 0 Å². The Morgan fingerprint density at radius 1 is 0.500 bits per heavy atom. The largest absolute Gasteiger partial charge is 0.466 e. The molecule has 0 radical (unpaired) electrons. The van der Waals surface area contributed by atoms with Crippen LogP contribution in [0.15, 0.2) is 0 Å². The standard InChI is InChI=1S/4FH.2H3O4P/c;;;;2*1-5(2,3)4/h4*1H;2*(H3,1,2,3,4). The first kappa shape index (κ1) is 37.0. The van der Waals surface area contributed by atoms with E-state index in [9.17, 15) is 0 Å². The Kier molecular flexibility index (Phi) is 34.2. The maximum Gasteiger partial charge on any atom is 0.466 e. The van der Waals surface area contributed by atoms with Crippen molar-refractivity contribution >= 4 is 15.6 Å². The van der Waals surface area contributed by atoms with Crippen LogP contribution in [0.25, 0.3) is 0 Å². The molecule has 0 bridgehead atoms. The molecule has 8 nitrogen and oxygen atoms in total. The minimum absolute atomic E-state index is 0. The summed E-state index contributed by atoms with van der Waals surface area (Å²) >= 11 is 0. The number of phosphoric acid groups is 2. The lowest BCUT2D eigenvalue weighted by molar-refractivity contribution is 0.272. The molecule has 96 valence electrons. The van der Waals surface area contributed by atoms with Crippen molar-refractivity contribution in [1.82, 2.24) is 0 Å². The fraction of sp³-hybridized carbons (Fsp3) is 0. The molecule has 0 aromatic rings. The first-order chi connectivity index (χ1) is 4.00. The average molecular weight is 276 g/mol. The van der Waals surface area contributed by atoms with Gasteiger partial charge in [-0.05, 0) is 0 Å². The van der Waals surface area contributed by atoms with Crippen LogP contribution in [0.2, 0.25) is 0 Å². The third-order valence-electron chi connectivity index (χ3n) is 0. The van der Waals surface area contributed by atoms with Gasteiger partial charge in [0, 0.05) is 0 Å². The molecule has 0 aliphatic carbocycles. The first-order valence-corrected chi connectivity index (χ1v) is 4.70. The molecule has 14 heavy (non-hydrogen) atoms. The Labute approximate surface area is 74.2 Å². The molecule has 0 heterocycles. The van der Waals surface area contributed by atoms with Gasteiger partial charge in [0.25, 0.3) is 0 Å². The third kappa shape index (κ3) is 397000. The summed E-state index contributed by atoms with van der Waals surface area (Å²) in [5.41, 5.74) is 0. The molecule has 0 saturated heterocycles. The van der Waals surface area contributed by atoms with Crippen LogP contribution in [-0.4, -0.2) is 29.4 Å². The Morgan fingerprint density at radius 3 is 0.500 bits per heavy atom. The summed E-state index contributed by atoms with van der Waals surface area (Å²) in [5, 5.41) is 0. The van der Waals surface area contributed by atoms with Crippen molar-refractivity contribution in [2.75, 3.05) is 0 Å². The Hall–Kier alpha value is -0.0600. The normalized spacial score (nSPS) is 8.43.